The number of hydrogen-bond acceptors (Lipinski definition) is 13. The van der Waals surface area contributed by atoms with Crippen LogP contribution in [0.15, 0.2) is 42.7 Å². The van der Waals surface area contributed by atoms with Gasteiger partial charge in [0.1, 0.15) is 11.6 Å². The summed E-state index contributed by atoms with van der Waals surface area (Å²) in [6, 6.07) is 9.82. The summed E-state index contributed by atoms with van der Waals surface area (Å²) >= 11 is 4.63. The highest BCUT2D eigenvalue weighted by Crippen LogP contribution is 2.25. The van der Waals surface area contributed by atoms with E-state index in [2.05, 4.69) is 19.9 Å². The fraction of sp³-hybridized carbons (Fsp3) is 0.367. The molecule has 6 rings (SSSR count). The number of nitrogens with two attached hydrogens (primary N) is 1. The van der Waals surface area contributed by atoms with Crippen LogP contribution in [0, 0.1) is 5.41 Å². The van der Waals surface area contributed by atoms with E-state index in [9.17, 15) is 19.2 Å². The Hall–Kier alpha value is -3.82. The second-order valence-electron chi connectivity index (χ2n) is 10.2. The van der Waals surface area contributed by atoms with Crippen molar-refractivity contribution in [1.82, 2.24) is 24.8 Å². The number of Topliss-reactive ketones (excluding diaryl/α,β-unsaturated/α-hetero) is 4. The van der Waals surface area contributed by atoms with Crippen molar-refractivity contribution >= 4 is 70.3 Å². The van der Waals surface area contributed by atoms with Gasteiger partial charge in [0.15, 0.2) is 23.4 Å². The molecule has 5 heterocycles. The number of hydrogen-bond donors (Lipinski definition) is 2. The van der Waals surface area contributed by atoms with Gasteiger partial charge in [0.05, 0.1) is 51.9 Å². The van der Waals surface area contributed by atoms with Gasteiger partial charge in [-0.05, 0) is 0 Å². The number of aromatic nitrogens is 4. The highest BCUT2D eigenvalue weighted by Gasteiger charge is 2.21. The van der Waals surface area contributed by atoms with Crippen LogP contribution < -0.4 is 10.6 Å². The molecule has 0 bridgehead atoms. The SMILES string of the molecule is CN(C)C(=N)N.CN(C)c1ncc2c(n1)CSCC2=O.O=C1CSCC(=O)C1.O=C1CSCc2nc(-c3ccccc3)ncc21. The van der Waals surface area contributed by atoms with Crippen LogP contribution in [0.3, 0.4) is 0 Å². The maximum Gasteiger partial charge on any atom is 0.225 e. The number of guanidine groups is 1. The minimum absolute atomic E-state index is 0.0752. The number of benzene rings is 1. The van der Waals surface area contributed by atoms with Gasteiger partial charge in [-0.15, -0.1) is 35.3 Å². The molecule has 12 nitrogen and oxygen atoms in total. The third-order valence-corrected chi connectivity index (χ3v) is 9.04. The zero-order valence-corrected chi connectivity index (χ0v) is 28.1. The standard InChI is InChI=1S/C13H10N2OS.C9H11N3OS.C5H6O2S.C3H9N3/c16-12-8-17-7-11-10(12)6-14-13(15-11)9-4-2-1-3-5-9;1-12(2)9-10-3-6-7(11-9)4-14-5-8(6)13;6-4-1-5(7)3-8-2-4;1-6(2)3(4)5/h1-6H,7-8H2;3H,4-5H2,1-2H3;1-3H2;1-2H3,(H3,4,5). The number of carbonyl (C=O) groups is 4. The lowest BCUT2D eigenvalue weighted by molar-refractivity contribution is -0.124. The molecule has 3 aliphatic heterocycles. The maximum absolute atomic E-state index is 11.6. The van der Waals surface area contributed by atoms with E-state index < -0.39 is 0 Å². The fourth-order valence-electron chi connectivity index (χ4n) is 3.69. The molecule has 0 saturated carbocycles. The minimum Gasteiger partial charge on any atom is -0.370 e. The number of fused-ring (bicyclic) bond motifs is 2. The monoisotopic (exact) mass is 668 g/mol. The Bertz CT molecular complexity index is 1520. The number of nitrogens with one attached hydrogen (secondary N) is 1. The summed E-state index contributed by atoms with van der Waals surface area (Å²) in [6.45, 7) is 0. The second-order valence-corrected chi connectivity index (χ2v) is 13.2. The number of ketones is 4. The Morgan fingerprint density at radius 1 is 0.733 bits per heavy atom. The average Bonchev–Trinajstić information content (AvgIpc) is 3.02. The smallest absolute Gasteiger partial charge is 0.225 e. The van der Waals surface area contributed by atoms with Crippen molar-refractivity contribution in [2.45, 2.75) is 17.9 Å². The summed E-state index contributed by atoms with van der Waals surface area (Å²) < 4.78 is 0. The van der Waals surface area contributed by atoms with E-state index in [-0.39, 0.29) is 35.5 Å². The predicted molar refractivity (Wildman–Crippen MR) is 182 cm³/mol. The van der Waals surface area contributed by atoms with Crippen LogP contribution in [0.2, 0.25) is 0 Å². The van der Waals surface area contributed by atoms with Crippen molar-refractivity contribution in [1.29, 1.82) is 5.41 Å². The van der Waals surface area contributed by atoms with Gasteiger partial charge >= 0.3 is 0 Å². The van der Waals surface area contributed by atoms with Crippen LogP contribution in [0.5, 0.6) is 0 Å². The van der Waals surface area contributed by atoms with E-state index >= 15 is 0 Å². The fourth-order valence-corrected chi connectivity index (χ4v) is 6.16. The Morgan fingerprint density at radius 3 is 1.69 bits per heavy atom. The van der Waals surface area contributed by atoms with Crippen molar-refractivity contribution in [3.8, 4) is 11.4 Å². The van der Waals surface area contributed by atoms with Crippen LogP contribution in [0.4, 0.5) is 5.95 Å². The van der Waals surface area contributed by atoms with E-state index in [4.69, 9.17) is 11.1 Å². The van der Waals surface area contributed by atoms with Gasteiger partial charge in [-0.3, -0.25) is 24.6 Å². The number of nitrogens with zero attached hydrogens (tertiary/aromatic N) is 6. The highest BCUT2D eigenvalue weighted by molar-refractivity contribution is 8.00. The summed E-state index contributed by atoms with van der Waals surface area (Å²) in [7, 11) is 7.23. The minimum atomic E-state index is 0.0752. The van der Waals surface area contributed by atoms with Gasteiger partial charge in [0.2, 0.25) is 5.95 Å². The summed E-state index contributed by atoms with van der Waals surface area (Å²) in [5.41, 5.74) is 9.03. The lowest BCUT2D eigenvalue weighted by atomic mass is 10.1. The zero-order chi connectivity index (χ0) is 32.9. The van der Waals surface area contributed by atoms with Gasteiger partial charge < -0.3 is 15.5 Å². The van der Waals surface area contributed by atoms with Crippen molar-refractivity contribution < 1.29 is 19.2 Å². The lowest BCUT2D eigenvalue weighted by Crippen LogP contribution is -2.28. The van der Waals surface area contributed by atoms with Crippen molar-refractivity contribution in [3.63, 3.8) is 0 Å². The van der Waals surface area contributed by atoms with Gasteiger partial charge in [0, 0.05) is 57.7 Å². The molecule has 15 heteroatoms. The van der Waals surface area contributed by atoms with Crippen LogP contribution in [-0.2, 0) is 21.1 Å². The van der Waals surface area contributed by atoms with Gasteiger partial charge in [-0.2, -0.15) is 0 Å². The Balaban J connectivity index is 0.000000177. The molecule has 3 aromatic rings. The third-order valence-electron chi connectivity index (χ3n) is 6.10. The highest BCUT2D eigenvalue weighted by atomic mass is 32.2. The quantitative estimate of drug-likeness (QED) is 0.231. The number of carbonyl (C=O) groups excluding carboxylic acids is 4. The van der Waals surface area contributed by atoms with Crippen molar-refractivity contribution in [3.05, 3.63) is 65.2 Å². The third kappa shape index (κ3) is 11.2. The van der Waals surface area contributed by atoms with E-state index in [0.29, 0.717) is 45.9 Å². The van der Waals surface area contributed by atoms with E-state index in [1.165, 1.54) is 16.7 Å². The zero-order valence-electron chi connectivity index (χ0n) is 25.6. The van der Waals surface area contributed by atoms with Gasteiger partial charge in [0.25, 0.3) is 0 Å². The molecule has 0 amide bonds. The number of thioether (sulfide) groups is 3. The van der Waals surface area contributed by atoms with E-state index in [1.807, 2.05) is 49.3 Å². The molecule has 1 saturated heterocycles. The van der Waals surface area contributed by atoms with Crippen LogP contribution in [0.25, 0.3) is 11.4 Å². The molecule has 0 spiro atoms. The summed E-state index contributed by atoms with van der Waals surface area (Å²) in [5.74, 6) is 5.65. The first-order chi connectivity index (χ1) is 21.5. The molecule has 45 heavy (non-hydrogen) atoms. The molecular weight excluding hydrogens is 633 g/mol. The topological polar surface area (TPSA) is 176 Å². The van der Waals surface area contributed by atoms with E-state index in [1.54, 1.807) is 50.0 Å². The summed E-state index contributed by atoms with van der Waals surface area (Å²) in [6.07, 6.45) is 3.47. The van der Waals surface area contributed by atoms with Crippen LogP contribution >= 0.6 is 35.3 Å². The molecular formula is C30H36N8O4S3. The summed E-state index contributed by atoms with van der Waals surface area (Å²) in [5, 5.41) is 6.65. The second kappa shape index (κ2) is 17.6. The maximum atomic E-state index is 11.6. The molecule has 0 radical (unpaired) electrons. The molecule has 0 atom stereocenters. The largest absolute Gasteiger partial charge is 0.370 e. The predicted octanol–water partition coefficient (Wildman–Crippen LogP) is 3.25. The first-order valence-corrected chi connectivity index (χ1v) is 17.2. The number of rotatable bonds is 2. The van der Waals surface area contributed by atoms with E-state index in [0.717, 1.165) is 28.5 Å². The molecule has 0 unspecified atom stereocenters. The molecule has 0 aliphatic carbocycles. The Labute approximate surface area is 275 Å². The molecule has 2 aromatic heterocycles. The average molecular weight is 669 g/mol. The van der Waals surface area contributed by atoms with Crippen LogP contribution in [0.1, 0.15) is 38.5 Å². The van der Waals surface area contributed by atoms with Gasteiger partial charge in [-0.1, -0.05) is 30.3 Å². The first-order valence-electron chi connectivity index (χ1n) is 13.7. The molecule has 3 aliphatic rings. The Morgan fingerprint density at radius 2 is 1.22 bits per heavy atom. The molecule has 1 fully saturated rings. The molecule has 238 valence electrons. The summed E-state index contributed by atoms with van der Waals surface area (Å²) in [4.78, 5) is 64.5. The van der Waals surface area contributed by atoms with Crippen LogP contribution in [-0.4, -0.2) is 105 Å². The Kier molecular flexibility index (Phi) is 14.0. The van der Waals surface area contributed by atoms with Crippen molar-refractivity contribution in [2.75, 3.05) is 56.1 Å². The van der Waals surface area contributed by atoms with Gasteiger partial charge in [-0.25, -0.2) is 19.9 Å². The lowest BCUT2D eigenvalue weighted by Gasteiger charge is -2.16. The normalized spacial score (nSPS) is 15.0. The molecule has 3 N–H and O–H groups in total. The molecule has 1 aromatic carbocycles. The number of anilines is 1. The van der Waals surface area contributed by atoms with Crippen molar-refractivity contribution in [2.24, 2.45) is 5.73 Å². The first kappa shape index (κ1) is 35.7.